The number of pyridine rings is 1. The second kappa shape index (κ2) is 4.60. The first-order valence-electron chi connectivity index (χ1n) is 5.69. The Morgan fingerprint density at radius 1 is 1.33 bits per heavy atom. The maximum Gasteiger partial charge on any atom is 0.307 e. The molecule has 5 heteroatoms. The van der Waals surface area contributed by atoms with Gasteiger partial charge in [-0.3, -0.25) is 4.79 Å². The molecule has 0 unspecified atom stereocenters. The molecule has 94 valence electrons. The first-order valence-corrected chi connectivity index (χ1v) is 5.69. The first-order chi connectivity index (χ1) is 8.49. The minimum Gasteiger partial charge on any atom is -0.481 e. The molecule has 0 saturated heterocycles. The molecule has 0 aromatic carbocycles. The molecular weight excluding hydrogens is 230 g/mol. The van der Waals surface area contributed by atoms with E-state index in [1.165, 1.54) is 0 Å². The van der Waals surface area contributed by atoms with E-state index in [9.17, 15) is 4.79 Å². The van der Waals surface area contributed by atoms with E-state index in [0.717, 1.165) is 22.5 Å². The number of aromatic nitrogens is 3. The van der Waals surface area contributed by atoms with E-state index in [4.69, 9.17) is 5.11 Å². The van der Waals surface area contributed by atoms with Gasteiger partial charge in [-0.2, -0.15) is 5.10 Å². The van der Waals surface area contributed by atoms with E-state index in [1.807, 2.05) is 32.9 Å². The van der Waals surface area contributed by atoms with Crippen molar-refractivity contribution < 1.29 is 9.90 Å². The van der Waals surface area contributed by atoms with Crippen LogP contribution in [-0.4, -0.2) is 25.8 Å². The topological polar surface area (TPSA) is 68.0 Å². The van der Waals surface area contributed by atoms with Crippen molar-refractivity contribution in [2.45, 2.75) is 27.2 Å². The quantitative estimate of drug-likeness (QED) is 0.895. The summed E-state index contributed by atoms with van der Waals surface area (Å²) in [6.07, 6.45) is 1.76. The largest absolute Gasteiger partial charge is 0.481 e. The van der Waals surface area contributed by atoms with Crippen LogP contribution in [0.1, 0.15) is 22.5 Å². The molecule has 0 spiro atoms. The summed E-state index contributed by atoms with van der Waals surface area (Å²) in [6, 6.07) is 3.83. The molecule has 0 radical (unpaired) electrons. The fraction of sp³-hybridized carbons (Fsp3) is 0.308. The van der Waals surface area contributed by atoms with Crippen molar-refractivity contribution in [3.63, 3.8) is 0 Å². The van der Waals surface area contributed by atoms with Crippen molar-refractivity contribution in [2.75, 3.05) is 0 Å². The molecule has 2 heterocycles. The summed E-state index contributed by atoms with van der Waals surface area (Å²) in [6.45, 7) is 5.64. The van der Waals surface area contributed by atoms with Crippen LogP contribution in [0.5, 0.6) is 0 Å². The number of carboxylic acids is 1. The van der Waals surface area contributed by atoms with E-state index in [1.54, 1.807) is 10.9 Å². The molecule has 0 bridgehead atoms. The molecule has 0 amide bonds. The average molecular weight is 245 g/mol. The van der Waals surface area contributed by atoms with Gasteiger partial charge in [-0.05, 0) is 32.4 Å². The SMILES string of the molecule is Cc1ccc(-n2nc(C)c(CC(=O)O)c2C)nc1. The Hall–Kier alpha value is -2.17. The maximum absolute atomic E-state index is 10.8. The maximum atomic E-state index is 10.8. The standard InChI is InChI=1S/C13H15N3O2/c1-8-4-5-12(14-7-8)16-10(3)11(6-13(17)18)9(2)15-16/h4-5,7H,6H2,1-3H3,(H,17,18). The predicted molar refractivity (Wildman–Crippen MR) is 66.9 cm³/mol. The summed E-state index contributed by atoms with van der Waals surface area (Å²) in [5, 5.41) is 13.2. The Kier molecular flexibility index (Phi) is 3.14. The second-order valence-corrected chi connectivity index (χ2v) is 4.33. The molecule has 0 aliphatic heterocycles. The smallest absolute Gasteiger partial charge is 0.307 e. The summed E-state index contributed by atoms with van der Waals surface area (Å²) in [4.78, 5) is 15.1. The third-order valence-electron chi connectivity index (χ3n) is 2.88. The molecule has 5 nitrogen and oxygen atoms in total. The summed E-state index contributed by atoms with van der Waals surface area (Å²) in [5.74, 6) is -0.143. The van der Waals surface area contributed by atoms with Gasteiger partial charge in [-0.25, -0.2) is 9.67 Å². The van der Waals surface area contributed by atoms with Crippen molar-refractivity contribution in [3.8, 4) is 5.82 Å². The number of hydrogen-bond donors (Lipinski definition) is 1. The lowest BCUT2D eigenvalue weighted by Crippen LogP contribution is -2.04. The molecule has 2 aromatic heterocycles. The van der Waals surface area contributed by atoms with Crippen LogP contribution in [0.25, 0.3) is 5.82 Å². The van der Waals surface area contributed by atoms with Gasteiger partial charge in [0, 0.05) is 17.5 Å². The van der Waals surface area contributed by atoms with Gasteiger partial charge in [-0.1, -0.05) is 6.07 Å². The number of aliphatic carboxylic acids is 1. The van der Waals surface area contributed by atoms with Gasteiger partial charge in [0.25, 0.3) is 0 Å². The lowest BCUT2D eigenvalue weighted by Gasteiger charge is -2.04. The summed E-state index contributed by atoms with van der Waals surface area (Å²) >= 11 is 0. The summed E-state index contributed by atoms with van der Waals surface area (Å²) in [7, 11) is 0. The van der Waals surface area contributed by atoms with Gasteiger partial charge in [0.2, 0.25) is 0 Å². The zero-order valence-electron chi connectivity index (χ0n) is 10.6. The van der Waals surface area contributed by atoms with Gasteiger partial charge in [0.1, 0.15) is 0 Å². The highest BCUT2D eigenvalue weighted by molar-refractivity contribution is 5.71. The van der Waals surface area contributed by atoms with Crippen molar-refractivity contribution in [3.05, 3.63) is 40.8 Å². The van der Waals surface area contributed by atoms with E-state index >= 15 is 0 Å². The predicted octanol–water partition coefficient (Wildman–Crippen LogP) is 1.82. The molecule has 2 rings (SSSR count). The highest BCUT2D eigenvalue weighted by atomic mass is 16.4. The molecule has 1 N–H and O–H groups in total. The second-order valence-electron chi connectivity index (χ2n) is 4.33. The van der Waals surface area contributed by atoms with Crippen LogP contribution in [0.4, 0.5) is 0 Å². The third kappa shape index (κ3) is 2.25. The molecule has 2 aromatic rings. The van der Waals surface area contributed by atoms with Crippen LogP contribution >= 0.6 is 0 Å². The molecule has 0 aliphatic carbocycles. The lowest BCUT2D eigenvalue weighted by atomic mass is 10.1. The van der Waals surface area contributed by atoms with Gasteiger partial charge in [-0.15, -0.1) is 0 Å². The van der Waals surface area contributed by atoms with Crippen molar-refractivity contribution in [1.82, 2.24) is 14.8 Å². The summed E-state index contributed by atoms with van der Waals surface area (Å²) in [5.41, 5.74) is 3.39. The molecule has 0 aliphatic rings. The number of carbonyl (C=O) groups is 1. The summed E-state index contributed by atoms with van der Waals surface area (Å²) < 4.78 is 1.69. The van der Waals surface area contributed by atoms with E-state index in [-0.39, 0.29) is 6.42 Å². The van der Waals surface area contributed by atoms with E-state index in [0.29, 0.717) is 5.82 Å². The van der Waals surface area contributed by atoms with Crippen LogP contribution in [0, 0.1) is 20.8 Å². The minimum absolute atomic E-state index is 0.0104. The van der Waals surface area contributed by atoms with Crippen molar-refractivity contribution in [2.24, 2.45) is 0 Å². The third-order valence-corrected chi connectivity index (χ3v) is 2.88. The number of carboxylic acid groups (broad SMARTS) is 1. The fourth-order valence-electron chi connectivity index (χ4n) is 1.89. The Labute approximate surface area is 105 Å². The zero-order valence-corrected chi connectivity index (χ0v) is 10.6. The Balaban J connectivity index is 2.46. The highest BCUT2D eigenvalue weighted by Crippen LogP contribution is 2.17. The van der Waals surface area contributed by atoms with Crippen molar-refractivity contribution in [1.29, 1.82) is 0 Å². The number of nitrogens with zero attached hydrogens (tertiary/aromatic N) is 3. The molecule has 0 fully saturated rings. The normalized spacial score (nSPS) is 10.6. The minimum atomic E-state index is -0.849. The van der Waals surface area contributed by atoms with Gasteiger partial charge in [0.05, 0.1) is 12.1 Å². The zero-order chi connectivity index (χ0) is 13.3. The van der Waals surface area contributed by atoms with Crippen LogP contribution < -0.4 is 0 Å². The number of rotatable bonds is 3. The van der Waals surface area contributed by atoms with Crippen molar-refractivity contribution >= 4 is 5.97 Å². The molecular formula is C13H15N3O2. The van der Waals surface area contributed by atoms with Gasteiger partial charge < -0.3 is 5.11 Å². The van der Waals surface area contributed by atoms with Gasteiger partial charge in [0.15, 0.2) is 5.82 Å². The van der Waals surface area contributed by atoms with Crippen LogP contribution in [0.2, 0.25) is 0 Å². The average Bonchev–Trinajstić information content (AvgIpc) is 2.58. The fourth-order valence-corrected chi connectivity index (χ4v) is 1.89. The molecule has 0 saturated carbocycles. The number of hydrogen-bond acceptors (Lipinski definition) is 3. The number of aryl methyl sites for hydroxylation is 2. The first kappa shape index (κ1) is 12.3. The van der Waals surface area contributed by atoms with Gasteiger partial charge >= 0.3 is 5.97 Å². The lowest BCUT2D eigenvalue weighted by molar-refractivity contribution is -0.136. The Morgan fingerprint density at radius 2 is 2.06 bits per heavy atom. The van der Waals surface area contributed by atoms with Crippen LogP contribution in [-0.2, 0) is 11.2 Å². The highest BCUT2D eigenvalue weighted by Gasteiger charge is 2.15. The van der Waals surface area contributed by atoms with Crippen LogP contribution in [0.15, 0.2) is 18.3 Å². The molecule has 18 heavy (non-hydrogen) atoms. The Morgan fingerprint density at radius 3 is 2.61 bits per heavy atom. The van der Waals surface area contributed by atoms with Crippen LogP contribution in [0.3, 0.4) is 0 Å². The molecule has 0 atom stereocenters. The Bertz CT molecular complexity index is 585. The monoisotopic (exact) mass is 245 g/mol. The van der Waals surface area contributed by atoms with E-state index < -0.39 is 5.97 Å². The van der Waals surface area contributed by atoms with E-state index in [2.05, 4.69) is 10.1 Å².